The summed E-state index contributed by atoms with van der Waals surface area (Å²) >= 11 is 0. The zero-order valence-electron chi connectivity index (χ0n) is 8.62. The predicted octanol–water partition coefficient (Wildman–Crippen LogP) is 1.45. The van der Waals surface area contributed by atoms with Gasteiger partial charge in [-0.25, -0.2) is 0 Å². The van der Waals surface area contributed by atoms with Crippen molar-refractivity contribution >= 4 is 5.91 Å². The first-order valence-corrected chi connectivity index (χ1v) is 4.72. The smallest absolute Gasteiger partial charge is 0.252 e. The quantitative estimate of drug-likeness (QED) is 0.752. The average Bonchev–Trinajstić information content (AvgIpc) is 2.27. The second kappa shape index (κ2) is 5.71. The molecule has 78 valence electrons. The maximum atomic E-state index is 11.5. The van der Waals surface area contributed by atoms with Crippen molar-refractivity contribution in [3.63, 3.8) is 0 Å². The molecule has 0 aliphatic heterocycles. The number of ether oxygens (including phenoxy) is 1. The Hall–Kier alpha value is -1.95. The molecule has 1 N–H and O–H groups in total. The number of carbonyl (C=O) groups is 1. The number of terminal acetylenes is 1. The summed E-state index contributed by atoms with van der Waals surface area (Å²) in [6.07, 6.45) is 5.04. The van der Waals surface area contributed by atoms with Gasteiger partial charge in [0.25, 0.3) is 5.91 Å². The number of nitrogens with one attached hydrogen (secondary N) is 1. The highest BCUT2D eigenvalue weighted by molar-refractivity contribution is 5.94. The van der Waals surface area contributed by atoms with E-state index < -0.39 is 0 Å². The van der Waals surface area contributed by atoms with Crippen LogP contribution in [0, 0.1) is 12.3 Å². The standard InChI is InChI=1S/C12H13NO2/c1-3-8-13-12(14)10-6-5-7-11(9-10)15-4-2/h1,5-7,9H,4,8H2,2H3,(H,13,14). The number of hydrogen-bond donors (Lipinski definition) is 1. The fourth-order valence-electron chi connectivity index (χ4n) is 1.13. The molecular weight excluding hydrogens is 190 g/mol. The molecule has 0 aliphatic carbocycles. The molecule has 0 aliphatic rings. The van der Waals surface area contributed by atoms with Crippen LogP contribution in [0.1, 0.15) is 17.3 Å². The zero-order valence-corrected chi connectivity index (χ0v) is 8.62. The molecule has 3 heteroatoms. The molecule has 15 heavy (non-hydrogen) atoms. The first kappa shape index (κ1) is 11.1. The van der Waals surface area contributed by atoms with Gasteiger partial charge in [0.1, 0.15) is 5.75 Å². The Morgan fingerprint density at radius 3 is 3.07 bits per heavy atom. The molecule has 0 spiro atoms. The van der Waals surface area contributed by atoms with Crippen LogP contribution >= 0.6 is 0 Å². The highest BCUT2D eigenvalue weighted by Gasteiger charge is 2.04. The summed E-state index contributed by atoms with van der Waals surface area (Å²) < 4.78 is 5.28. The van der Waals surface area contributed by atoms with Crippen LogP contribution in [0.25, 0.3) is 0 Å². The van der Waals surface area contributed by atoms with Gasteiger partial charge in [-0.2, -0.15) is 0 Å². The fourth-order valence-corrected chi connectivity index (χ4v) is 1.13. The van der Waals surface area contributed by atoms with Crippen molar-refractivity contribution in [2.45, 2.75) is 6.92 Å². The molecule has 0 radical (unpaired) electrons. The second-order valence-electron chi connectivity index (χ2n) is 2.85. The van der Waals surface area contributed by atoms with E-state index >= 15 is 0 Å². The zero-order chi connectivity index (χ0) is 11.1. The number of benzene rings is 1. The Bertz CT molecular complexity index is 379. The third-order valence-electron chi connectivity index (χ3n) is 1.76. The maximum Gasteiger partial charge on any atom is 0.252 e. The molecule has 0 saturated heterocycles. The summed E-state index contributed by atoms with van der Waals surface area (Å²) in [6, 6.07) is 6.99. The van der Waals surface area contributed by atoms with Crippen LogP contribution in [0.15, 0.2) is 24.3 Å². The number of carbonyl (C=O) groups excluding carboxylic acids is 1. The van der Waals surface area contributed by atoms with Crippen molar-refractivity contribution in [2.24, 2.45) is 0 Å². The Kier molecular flexibility index (Phi) is 4.24. The number of hydrogen-bond acceptors (Lipinski definition) is 2. The first-order chi connectivity index (χ1) is 7.27. The van der Waals surface area contributed by atoms with E-state index in [4.69, 9.17) is 11.2 Å². The summed E-state index contributed by atoms with van der Waals surface area (Å²) in [6.45, 7) is 2.71. The minimum absolute atomic E-state index is 0.186. The molecule has 1 aromatic carbocycles. The highest BCUT2D eigenvalue weighted by Crippen LogP contribution is 2.12. The number of rotatable bonds is 4. The second-order valence-corrected chi connectivity index (χ2v) is 2.85. The molecule has 0 fully saturated rings. The van der Waals surface area contributed by atoms with Crippen LogP contribution in [0.5, 0.6) is 5.75 Å². The van der Waals surface area contributed by atoms with Crippen molar-refractivity contribution in [3.05, 3.63) is 29.8 Å². The van der Waals surface area contributed by atoms with Gasteiger partial charge >= 0.3 is 0 Å². The van der Waals surface area contributed by atoms with E-state index in [0.29, 0.717) is 17.9 Å². The molecule has 0 aromatic heterocycles. The van der Waals surface area contributed by atoms with Crippen LogP contribution in [0.4, 0.5) is 0 Å². The summed E-state index contributed by atoms with van der Waals surface area (Å²) in [5, 5.41) is 2.59. The molecular formula is C12H13NO2. The van der Waals surface area contributed by atoms with Crippen molar-refractivity contribution in [2.75, 3.05) is 13.2 Å². The van der Waals surface area contributed by atoms with E-state index in [1.165, 1.54) is 0 Å². The van der Waals surface area contributed by atoms with Gasteiger partial charge in [-0.15, -0.1) is 6.42 Å². The maximum absolute atomic E-state index is 11.5. The van der Waals surface area contributed by atoms with E-state index in [9.17, 15) is 4.79 Å². The van der Waals surface area contributed by atoms with Gasteiger partial charge < -0.3 is 10.1 Å². The minimum Gasteiger partial charge on any atom is -0.494 e. The summed E-state index contributed by atoms with van der Waals surface area (Å²) in [7, 11) is 0. The topological polar surface area (TPSA) is 38.3 Å². The number of amides is 1. The molecule has 0 heterocycles. The molecule has 3 nitrogen and oxygen atoms in total. The molecule has 0 atom stereocenters. The van der Waals surface area contributed by atoms with Gasteiger partial charge in [-0.3, -0.25) is 4.79 Å². The molecule has 0 unspecified atom stereocenters. The lowest BCUT2D eigenvalue weighted by Crippen LogP contribution is -2.23. The third kappa shape index (κ3) is 3.35. The monoisotopic (exact) mass is 203 g/mol. The Morgan fingerprint density at radius 1 is 1.60 bits per heavy atom. The van der Waals surface area contributed by atoms with E-state index in [1.807, 2.05) is 13.0 Å². The largest absolute Gasteiger partial charge is 0.494 e. The van der Waals surface area contributed by atoms with Crippen LogP contribution in [-0.4, -0.2) is 19.1 Å². The summed E-state index contributed by atoms with van der Waals surface area (Å²) in [5.41, 5.74) is 0.552. The van der Waals surface area contributed by atoms with Gasteiger partial charge in [-0.05, 0) is 25.1 Å². The van der Waals surface area contributed by atoms with E-state index in [-0.39, 0.29) is 12.5 Å². The first-order valence-electron chi connectivity index (χ1n) is 4.72. The van der Waals surface area contributed by atoms with Crippen molar-refractivity contribution in [3.8, 4) is 18.1 Å². The van der Waals surface area contributed by atoms with E-state index in [1.54, 1.807) is 18.2 Å². The molecule has 0 saturated carbocycles. The van der Waals surface area contributed by atoms with Crippen LogP contribution in [-0.2, 0) is 0 Å². The van der Waals surface area contributed by atoms with Gasteiger partial charge in [0.2, 0.25) is 0 Å². The van der Waals surface area contributed by atoms with Crippen LogP contribution in [0.3, 0.4) is 0 Å². The lowest BCUT2D eigenvalue weighted by molar-refractivity contribution is 0.0958. The van der Waals surface area contributed by atoms with Crippen LogP contribution < -0.4 is 10.1 Å². The van der Waals surface area contributed by atoms with Crippen LogP contribution in [0.2, 0.25) is 0 Å². The van der Waals surface area contributed by atoms with Crippen molar-refractivity contribution in [1.82, 2.24) is 5.32 Å². The third-order valence-corrected chi connectivity index (χ3v) is 1.76. The van der Waals surface area contributed by atoms with Gasteiger partial charge in [0.05, 0.1) is 13.2 Å². The normalized spacial score (nSPS) is 9.07. The Labute approximate surface area is 89.4 Å². The average molecular weight is 203 g/mol. The molecule has 1 amide bonds. The van der Waals surface area contributed by atoms with Crippen molar-refractivity contribution in [1.29, 1.82) is 0 Å². The van der Waals surface area contributed by atoms with Gasteiger partial charge in [0, 0.05) is 5.56 Å². The fraction of sp³-hybridized carbons (Fsp3) is 0.250. The van der Waals surface area contributed by atoms with Gasteiger partial charge in [-0.1, -0.05) is 12.0 Å². The lowest BCUT2D eigenvalue weighted by atomic mass is 10.2. The van der Waals surface area contributed by atoms with Crippen molar-refractivity contribution < 1.29 is 9.53 Å². The molecule has 1 rings (SSSR count). The molecule has 0 bridgehead atoms. The predicted molar refractivity (Wildman–Crippen MR) is 58.8 cm³/mol. The molecule has 1 aromatic rings. The lowest BCUT2D eigenvalue weighted by Gasteiger charge is -2.05. The van der Waals surface area contributed by atoms with Gasteiger partial charge in [0.15, 0.2) is 0 Å². The summed E-state index contributed by atoms with van der Waals surface area (Å²) in [4.78, 5) is 11.5. The Balaban J connectivity index is 2.72. The Morgan fingerprint density at radius 2 is 2.40 bits per heavy atom. The minimum atomic E-state index is -0.186. The van der Waals surface area contributed by atoms with E-state index in [0.717, 1.165) is 0 Å². The SMILES string of the molecule is C#CCNC(=O)c1cccc(OCC)c1. The highest BCUT2D eigenvalue weighted by atomic mass is 16.5. The summed E-state index contributed by atoms with van der Waals surface area (Å²) in [5.74, 6) is 2.85. The van der Waals surface area contributed by atoms with E-state index in [2.05, 4.69) is 11.2 Å².